The molecule has 0 bridgehead atoms. The van der Waals surface area contributed by atoms with Gasteiger partial charge in [-0.3, -0.25) is 0 Å². The number of hydrogen-bond acceptors (Lipinski definition) is 7. The standard InChI is InChI=1S/C21H18N2O4S/c1-26-18-9-16(14-7-8-28-12-14)17(10-19(18)27-2)20(21(24)25)23-15-5-3-13(11-22)4-6-15/h3-10,12,20,23H,1-2H3,(H,24,25)/p-1. The molecular weight excluding hydrogens is 376 g/mol. The molecule has 1 heterocycles. The van der Waals surface area contributed by atoms with Gasteiger partial charge in [0.05, 0.1) is 37.9 Å². The van der Waals surface area contributed by atoms with Gasteiger partial charge < -0.3 is 24.7 Å². The molecule has 0 aliphatic heterocycles. The Hall–Kier alpha value is -3.50. The van der Waals surface area contributed by atoms with Crippen molar-refractivity contribution in [3.8, 4) is 28.7 Å². The van der Waals surface area contributed by atoms with E-state index in [2.05, 4.69) is 5.32 Å². The topological polar surface area (TPSA) is 94.4 Å². The van der Waals surface area contributed by atoms with E-state index in [9.17, 15) is 9.90 Å². The van der Waals surface area contributed by atoms with E-state index in [1.165, 1.54) is 25.6 Å². The molecule has 142 valence electrons. The lowest BCUT2D eigenvalue weighted by Gasteiger charge is -2.25. The molecule has 2 aromatic carbocycles. The monoisotopic (exact) mass is 393 g/mol. The summed E-state index contributed by atoms with van der Waals surface area (Å²) in [6.45, 7) is 0. The van der Waals surface area contributed by atoms with Gasteiger partial charge in [-0.05, 0) is 69.9 Å². The lowest BCUT2D eigenvalue weighted by Crippen LogP contribution is -2.34. The van der Waals surface area contributed by atoms with Crippen molar-refractivity contribution in [2.45, 2.75) is 6.04 Å². The van der Waals surface area contributed by atoms with Gasteiger partial charge in [-0.2, -0.15) is 16.6 Å². The normalized spacial score (nSPS) is 11.3. The molecule has 3 rings (SSSR count). The Morgan fingerprint density at radius 3 is 2.36 bits per heavy atom. The predicted molar refractivity (Wildman–Crippen MR) is 105 cm³/mol. The summed E-state index contributed by atoms with van der Waals surface area (Å²) in [6.07, 6.45) is 0. The zero-order valence-corrected chi connectivity index (χ0v) is 16.1. The summed E-state index contributed by atoms with van der Waals surface area (Å²) in [5, 5.41) is 27.8. The molecule has 1 atom stereocenters. The third-order valence-electron chi connectivity index (χ3n) is 4.26. The highest BCUT2D eigenvalue weighted by Crippen LogP contribution is 2.39. The lowest BCUT2D eigenvalue weighted by atomic mass is 9.95. The fourth-order valence-electron chi connectivity index (χ4n) is 2.87. The predicted octanol–water partition coefficient (Wildman–Crippen LogP) is 3.21. The van der Waals surface area contributed by atoms with Crippen LogP contribution in [0.5, 0.6) is 11.5 Å². The van der Waals surface area contributed by atoms with Gasteiger partial charge in [0.25, 0.3) is 0 Å². The average molecular weight is 393 g/mol. The van der Waals surface area contributed by atoms with Gasteiger partial charge in [-0.1, -0.05) is 0 Å². The summed E-state index contributed by atoms with van der Waals surface area (Å²) in [5.74, 6) is -0.361. The molecule has 1 aromatic heterocycles. The minimum atomic E-state index is -1.28. The van der Waals surface area contributed by atoms with Crippen LogP contribution >= 0.6 is 11.3 Å². The van der Waals surface area contributed by atoms with E-state index in [0.717, 1.165) is 5.56 Å². The van der Waals surface area contributed by atoms with Crippen LogP contribution in [0, 0.1) is 11.3 Å². The number of carboxylic acids is 1. The highest BCUT2D eigenvalue weighted by atomic mass is 32.1. The molecule has 3 aromatic rings. The van der Waals surface area contributed by atoms with Crippen molar-refractivity contribution in [1.82, 2.24) is 0 Å². The van der Waals surface area contributed by atoms with Crippen LogP contribution in [0.15, 0.2) is 53.2 Å². The highest BCUT2D eigenvalue weighted by Gasteiger charge is 2.21. The Morgan fingerprint density at radius 2 is 1.82 bits per heavy atom. The van der Waals surface area contributed by atoms with Gasteiger partial charge in [0, 0.05) is 5.69 Å². The van der Waals surface area contributed by atoms with E-state index < -0.39 is 12.0 Å². The molecule has 0 aliphatic carbocycles. The first-order chi connectivity index (χ1) is 13.6. The number of anilines is 1. The third kappa shape index (κ3) is 3.92. The first-order valence-corrected chi connectivity index (χ1v) is 9.27. The van der Waals surface area contributed by atoms with E-state index >= 15 is 0 Å². The Bertz CT molecular complexity index is 1010. The van der Waals surface area contributed by atoms with Gasteiger partial charge >= 0.3 is 0 Å². The number of nitriles is 1. The highest BCUT2D eigenvalue weighted by molar-refractivity contribution is 7.08. The summed E-state index contributed by atoms with van der Waals surface area (Å²) in [5.41, 5.74) is 3.10. The number of thiophene rings is 1. The summed E-state index contributed by atoms with van der Waals surface area (Å²) in [4.78, 5) is 12.0. The van der Waals surface area contributed by atoms with Crippen molar-refractivity contribution in [1.29, 1.82) is 5.26 Å². The van der Waals surface area contributed by atoms with Gasteiger partial charge in [-0.15, -0.1) is 0 Å². The van der Waals surface area contributed by atoms with Crippen molar-refractivity contribution < 1.29 is 19.4 Å². The first-order valence-electron chi connectivity index (χ1n) is 8.33. The molecule has 7 heteroatoms. The smallest absolute Gasteiger partial charge is 0.161 e. The van der Waals surface area contributed by atoms with Crippen molar-refractivity contribution in [2.75, 3.05) is 19.5 Å². The SMILES string of the molecule is COc1cc(-c2ccsc2)c(C(Nc2ccc(C#N)cc2)C(=O)[O-])cc1OC. The minimum absolute atomic E-state index is 0.421. The molecule has 0 spiro atoms. The molecule has 0 saturated heterocycles. The van der Waals surface area contributed by atoms with Crippen molar-refractivity contribution in [2.24, 2.45) is 0 Å². The zero-order valence-electron chi connectivity index (χ0n) is 15.3. The van der Waals surface area contributed by atoms with Crippen LogP contribution in [0.25, 0.3) is 11.1 Å². The maximum absolute atomic E-state index is 12.0. The molecule has 1 unspecified atom stereocenters. The molecule has 0 saturated carbocycles. The van der Waals surface area contributed by atoms with Crippen molar-refractivity contribution >= 4 is 23.0 Å². The maximum Gasteiger partial charge on any atom is 0.161 e. The second-order valence-electron chi connectivity index (χ2n) is 5.89. The molecule has 0 amide bonds. The van der Waals surface area contributed by atoms with Gasteiger partial charge in [0.1, 0.15) is 0 Å². The van der Waals surface area contributed by atoms with E-state index in [1.807, 2.05) is 22.9 Å². The Balaban J connectivity index is 2.10. The number of nitrogens with one attached hydrogen (secondary N) is 1. The Kier molecular flexibility index (Phi) is 5.82. The number of nitrogens with zero attached hydrogens (tertiary/aromatic N) is 1. The number of benzene rings is 2. The molecular formula is C21H17N2O4S-. The Morgan fingerprint density at radius 1 is 1.14 bits per heavy atom. The molecule has 6 nitrogen and oxygen atoms in total. The van der Waals surface area contributed by atoms with Crippen molar-refractivity contribution in [3.63, 3.8) is 0 Å². The number of rotatable bonds is 7. The fraction of sp³-hybridized carbons (Fsp3) is 0.143. The maximum atomic E-state index is 12.0. The second-order valence-corrected chi connectivity index (χ2v) is 6.67. The third-order valence-corrected chi connectivity index (χ3v) is 4.94. The summed E-state index contributed by atoms with van der Waals surface area (Å²) >= 11 is 1.51. The summed E-state index contributed by atoms with van der Waals surface area (Å²) in [6, 6.07) is 12.7. The average Bonchev–Trinajstić information content (AvgIpc) is 3.26. The van der Waals surface area contributed by atoms with Crippen molar-refractivity contribution in [3.05, 3.63) is 64.4 Å². The second kappa shape index (κ2) is 8.46. The van der Waals surface area contributed by atoms with E-state index in [4.69, 9.17) is 14.7 Å². The number of carbonyl (C=O) groups excluding carboxylic acids is 1. The van der Waals surface area contributed by atoms with Gasteiger partial charge in [0.15, 0.2) is 11.5 Å². The Labute approximate surface area is 166 Å². The van der Waals surface area contributed by atoms with Crippen LogP contribution in [-0.2, 0) is 4.79 Å². The number of methoxy groups -OCH3 is 2. The number of hydrogen-bond donors (Lipinski definition) is 1. The molecule has 28 heavy (non-hydrogen) atoms. The first kappa shape index (κ1) is 19.3. The van der Waals surface area contributed by atoms with E-state index in [-0.39, 0.29) is 0 Å². The van der Waals surface area contributed by atoms with Crippen LogP contribution in [-0.4, -0.2) is 20.2 Å². The van der Waals surface area contributed by atoms with Crippen LogP contribution in [0.4, 0.5) is 5.69 Å². The fourth-order valence-corrected chi connectivity index (χ4v) is 3.53. The summed E-state index contributed by atoms with van der Waals surface area (Å²) < 4.78 is 10.7. The summed E-state index contributed by atoms with van der Waals surface area (Å²) in [7, 11) is 3.02. The van der Waals surface area contributed by atoms with Gasteiger partial charge in [-0.25, -0.2) is 0 Å². The van der Waals surface area contributed by atoms with Crippen LogP contribution < -0.4 is 19.9 Å². The molecule has 0 radical (unpaired) electrons. The van der Waals surface area contributed by atoms with E-state index in [0.29, 0.717) is 33.9 Å². The largest absolute Gasteiger partial charge is 0.548 e. The number of aliphatic carboxylic acids is 1. The molecule has 1 N–H and O–H groups in total. The minimum Gasteiger partial charge on any atom is -0.548 e. The van der Waals surface area contributed by atoms with Crippen LogP contribution in [0.2, 0.25) is 0 Å². The zero-order chi connectivity index (χ0) is 20.1. The van der Waals surface area contributed by atoms with Gasteiger partial charge in [0.2, 0.25) is 0 Å². The lowest BCUT2D eigenvalue weighted by molar-refractivity contribution is -0.307. The molecule has 0 fully saturated rings. The number of ether oxygens (including phenoxy) is 2. The quantitative estimate of drug-likeness (QED) is 0.662. The van der Waals surface area contributed by atoms with Crippen LogP contribution in [0.3, 0.4) is 0 Å². The number of carbonyl (C=O) groups is 1. The molecule has 0 aliphatic rings. The van der Waals surface area contributed by atoms with E-state index in [1.54, 1.807) is 36.4 Å². The number of carboxylic acid groups (broad SMARTS) is 1. The van der Waals surface area contributed by atoms with Crippen LogP contribution in [0.1, 0.15) is 17.2 Å².